The van der Waals surface area contributed by atoms with Crippen LogP contribution >= 0.6 is 0 Å². The van der Waals surface area contributed by atoms with Gasteiger partial charge in [-0.2, -0.15) is 0 Å². The second kappa shape index (κ2) is 7.59. The van der Waals surface area contributed by atoms with E-state index in [1.807, 2.05) is 0 Å². The Kier molecular flexibility index (Phi) is 5.43. The largest absolute Gasteiger partial charge is 0.393 e. The van der Waals surface area contributed by atoms with E-state index in [2.05, 4.69) is 39.1 Å². The first kappa shape index (κ1) is 21.5. The third-order valence-electron chi connectivity index (χ3n) is 11.2. The minimum absolute atomic E-state index is 0.0706. The average molecular weight is 416 g/mol. The summed E-state index contributed by atoms with van der Waals surface area (Å²) in [5.74, 6) is 4.06. The summed E-state index contributed by atoms with van der Waals surface area (Å²) < 4.78 is 0. The van der Waals surface area contributed by atoms with Crippen molar-refractivity contribution in [2.45, 2.75) is 104 Å². The van der Waals surface area contributed by atoms with Crippen LogP contribution < -0.4 is 5.32 Å². The first-order valence-electron chi connectivity index (χ1n) is 13.0. The molecule has 5 aliphatic rings. The number of allylic oxidation sites excluding steroid dienone is 1. The summed E-state index contributed by atoms with van der Waals surface area (Å²) in [6.45, 7) is 10.9. The molecule has 30 heavy (non-hydrogen) atoms. The highest BCUT2D eigenvalue weighted by atomic mass is 16.3. The molecule has 0 bridgehead atoms. The Morgan fingerprint density at radius 3 is 2.60 bits per heavy atom. The number of hydrogen-bond donors (Lipinski definition) is 3. The van der Waals surface area contributed by atoms with Gasteiger partial charge in [0.05, 0.1) is 12.2 Å². The van der Waals surface area contributed by atoms with E-state index in [4.69, 9.17) is 0 Å². The molecule has 3 saturated carbocycles. The second-order valence-electron chi connectivity index (χ2n) is 12.5. The fourth-order valence-electron chi connectivity index (χ4n) is 9.25. The molecule has 0 aromatic heterocycles. The molecule has 0 aromatic rings. The van der Waals surface area contributed by atoms with E-state index in [0.29, 0.717) is 29.7 Å². The van der Waals surface area contributed by atoms with Crippen LogP contribution in [-0.2, 0) is 0 Å². The standard InChI is InChI=1S/C27H45NO2/c1-16-5-10-24(28-15-16)17(2)21-8-9-22-20-7-6-18-13-19(29)11-12-26(18,3)23(20)14-25(30)27(21,22)4/h6,16-17,19-25,28-30H,5,7-15H2,1-4H3. The van der Waals surface area contributed by atoms with Crippen LogP contribution in [0.15, 0.2) is 11.6 Å². The Bertz CT molecular complexity index is 682. The molecule has 0 amide bonds. The van der Waals surface area contributed by atoms with Crippen LogP contribution in [0.25, 0.3) is 0 Å². The van der Waals surface area contributed by atoms with Gasteiger partial charge in [-0.3, -0.25) is 0 Å². The lowest BCUT2D eigenvalue weighted by Gasteiger charge is -2.60. The Morgan fingerprint density at radius 1 is 1.07 bits per heavy atom. The molecular weight excluding hydrogens is 370 g/mol. The first-order chi connectivity index (χ1) is 14.2. The van der Waals surface area contributed by atoms with Crippen LogP contribution in [0.4, 0.5) is 0 Å². The molecule has 3 heteroatoms. The lowest BCUT2D eigenvalue weighted by molar-refractivity contribution is -0.138. The highest BCUT2D eigenvalue weighted by Gasteiger charge is 2.63. The van der Waals surface area contributed by atoms with Gasteiger partial charge in [0.15, 0.2) is 0 Å². The maximum absolute atomic E-state index is 11.7. The van der Waals surface area contributed by atoms with Crippen LogP contribution in [0.5, 0.6) is 0 Å². The molecule has 4 fully saturated rings. The third kappa shape index (κ3) is 3.09. The molecule has 0 aromatic carbocycles. The van der Waals surface area contributed by atoms with Gasteiger partial charge in [0.25, 0.3) is 0 Å². The summed E-state index contributed by atoms with van der Waals surface area (Å²) >= 11 is 0. The zero-order valence-electron chi connectivity index (χ0n) is 19.7. The molecule has 4 aliphatic carbocycles. The fraction of sp³-hybridized carbons (Fsp3) is 0.926. The van der Waals surface area contributed by atoms with Gasteiger partial charge in [0.1, 0.15) is 0 Å². The molecule has 170 valence electrons. The Hall–Kier alpha value is -0.380. The van der Waals surface area contributed by atoms with Crippen molar-refractivity contribution in [1.29, 1.82) is 0 Å². The maximum Gasteiger partial charge on any atom is 0.0602 e. The first-order valence-corrected chi connectivity index (χ1v) is 13.0. The molecule has 3 nitrogen and oxygen atoms in total. The van der Waals surface area contributed by atoms with E-state index in [1.165, 1.54) is 37.7 Å². The van der Waals surface area contributed by atoms with Gasteiger partial charge >= 0.3 is 0 Å². The van der Waals surface area contributed by atoms with E-state index in [1.54, 1.807) is 0 Å². The molecule has 5 rings (SSSR count). The van der Waals surface area contributed by atoms with Crippen LogP contribution in [0.1, 0.15) is 85.5 Å². The summed E-state index contributed by atoms with van der Waals surface area (Å²) in [5, 5.41) is 25.8. The maximum atomic E-state index is 11.7. The zero-order valence-corrected chi connectivity index (χ0v) is 19.7. The molecule has 1 saturated heterocycles. The van der Waals surface area contributed by atoms with Crippen molar-refractivity contribution in [3.05, 3.63) is 11.6 Å². The smallest absolute Gasteiger partial charge is 0.0602 e. The van der Waals surface area contributed by atoms with E-state index in [9.17, 15) is 10.2 Å². The molecule has 1 heterocycles. The summed E-state index contributed by atoms with van der Waals surface area (Å²) in [6, 6.07) is 0.627. The quantitative estimate of drug-likeness (QED) is 0.561. The number of nitrogens with one attached hydrogen (secondary N) is 1. The SMILES string of the molecule is CC1CCC(C(C)C2CCC3C4CC=C5CC(O)CCC5(C)C4CC(O)C23C)NC1. The molecule has 0 spiro atoms. The van der Waals surface area contributed by atoms with Crippen LogP contribution in [-0.4, -0.2) is 35.0 Å². The molecule has 0 radical (unpaired) electrons. The van der Waals surface area contributed by atoms with Crippen LogP contribution in [0.3, 0.4) is 0 Å². The molecule has 3 N–H and O–H groups in total. The van der Waals surface area contributed by atoms with Gasteiger partial charge in [0, 0.05) is 6.04 Å². The number of aliphatic hydroxyl groups excluding tert-OH is 2. The minimum atomic E-state index is -0.177. The normalized spacial score (nSPS) is 54.5. The number of hydrogen-bond acceptors (Lipinski definition) is 3. The fourth-order valence-corrected chi connectivity index (χ4v) is 9.25. The Balaban J connectivity index is 1.40. The second-order valence-corrected chi connectivity index (χ2v) is 12.5. The minimum Gasteiger partial charge on any atom is -0.393 e. The highest BCUT2D eigenvalue weighted by molar-refractivity contribution is 5.26. The van der Waals surface area contributed by atoms with Gasteiger partial charge in [-0.25, -0.2) is 0 Å². The van der Waals surface area contributed by atoms with E-state index >= 15 is 0 Å². The lowest BCUT2D eigenvalue weighted by atomic mass is 9.46. The summed E-state index contributed by atoms with van der Waals surface area (Å²) in [6.07, 6.45) is 12.5. The van der Waals surface area contributed by atoms with Gasteiger partial charge < -0.3 is 15.5 Å². The van der Waals surface area contributed by atoms with Gasteiger partial charge in [-0.05, 0) is 111 Å². The summed E-state index contributed by atoms with van der Waals surface area (Å²) in [5.41, 5.74) is 1.78. The molecule has 11 unspecified atom stereocenters. The summed E-state index contributed by atoms with van der Waals surface area (Å²) in [7, 11) is 0. The van der Waals surface area contributed by atoms with E-state index in [0.717, 1.165) is 44.1 Å². The Labute approximate surface area is 184 Å². The number of fused-ring (bicyclic) bond motifs is 5. The Morgan fingerprint density at radius 2 is 1.87 bits per heavy atom. The van der Waals surface area contributed by atoms with Crippen molar-refractivity contribution in [3.63, 3.8) is 0 Å². The predicted octanol–water partition coefficient (Wildman–Crippen LogP) is 4.92. The lowest BCUT2D eigenvalue weighted by Crippen LogP contribution is -2.58. The molecule has 11 atom stereocenters. The molecule has 1 aliphatic heterocycles. The van der Waals surface area contributed by atoms with E-state index in [-0.39, 0.29) is 23.0 Å². The van der Waals surface area contributed by atoms with Crippen LogP contribution in [0, 0.1) is 46.3 Å². The summed E-state index contributed by atoms with van der Waals surface area (Å²) in [4.78, 5) is 0. The van der Waals surface area contributed by atoms with Crippen molar-refractivity contribution >= 4 is 0 Å². The van der Waals surface area contributed by atoms with Crippen molar-refractivity contribution in [3.8, 4) is 0 Å². The predicted molar refractivity (Wildman–Crippen MR) is 122 cm³/mol. The topological polar surface area (TPSA) is 52.5 Å². The van der Waals surface area contributed by atoms with Crippen molar-refractivity contribution in [1.82, 2.24) is 5.32 Å². The highest BCUT2D eigenvalue weighted by Crippen LogP contribution is 2.67. The van der Waals surface area contributed by atoms with E-state index < -0.39 is 0 Å². The van der Waals surface area contributed by atoms with Crippen molar-refractivity contribution in [2.75, 3.05) is 6.54 Å². The van der Waals surface area contributed by atoms with Gasteiger partial charge in [-0.1, -0.05) is 39.3 Å². The van der Waals surface area contributed by atoms with Crippen molar-refractivity contribution in [2.24, 2.45) is 46.3 Å². The third-order valence-corrected chi connectivity index (χ3v) is 11.2. The number of rotatable bonds is 2. The zero-order chi connectivity index (χ0) is 21.3. The van der Waals surface area contributed by atoms with Crippen LogP contribution in [0.2, 0.25) is 0 Å². The average Bonchev–Trinajstić information content (AvgIpc) is 3.08. The van der Waals surface area contributed by atoms with Gasteiger partial charge in [0.2, 0.25) is 0 Å². The number of aliphatic hydroxyl groups is 2. The monoisotopic (exact) mass is 415 g/mol. The van der Waals surface area contributed by atoms with Crippen molar-refractivity contribution < 1.29 is 10.2 Å². The molecular formula is C27H45NO2. The van der Waals surface area contributed by atoms with Gasteiger partial charge in [-0.15, -0.1) is 0 Å². The number of piperidine rings is 1.